The molecule has 1 rings (SSSR count). The summed E-state index contributed by atoms with van der Waals surface area (Å²) in [6.07, 6.45) is 1.83. The van der Waals surface area contributed by atoms with E-state index >= 15 is 0 Å². The molecule has 0 aliphatic heterocycles. The van der Waals surface area contributed by atoms with Gasteiger partial charge in [-0.15, -0.1) is 0 Å². The average Bonchev–Trinajstić information content (AvgIpc) is 2.15. The van der Waals surface area contributed by atoms with E-state index in [1.165, 1.54) is 0 Å². The van der Waals surface area contributed by atoms with Crippen LogP contribution >= 0.6 is 11.6 Å². The van der Waals surface area contributed by atoms with Gasteiger partial charge in [-0.05, 0) is 26.0 Å². The second-order valence-corrected chi connectivity index (χ2v) is 3.47. The molecule has 0 spiro atoms. The molecular formula is C10H14ClNO2. The predicted molar refractivity (Wildman–Crippen MR) is 55.8 cm³/mol. The molecule has 0 N–H and O–H groups in total. The van der Waals surface area contributed by atoms with E-state index in [1.807, 2.05) is 13.8 Å². The number of aromatic nitrogens is 1. The van der Waals surface area contributed by atoms with Gasteiger partial charge in [0.25, 0.3) is 0 Å². The zero-order valence-electron chi connectivity index (χ0n) is 8.37. The number of nitrogens with zero attached hydrogens (tertiary/aromatic N) is 1. The van der Waals surface area contributed by atoms with Gasteiger partial charge in [0.1, 0.15) is 17.5 Å². The number of hydrogen-bond donors (Lipinski definition) is 0. The lowest BCUT2D eigenvalue weighted by Gasteiger charge is -2.08. The van der Waals surface area contributed by atoms with E-state index in [1.54, 1.807) is 18.3 Å². The van der Waals surface area contributed by atoms with Crippen LogP contribution in [0.1, 0.15) is 13.8 Å². The van der Waals surface area contributed by atoms with E-state index in [0.717, 1.165) is 0 Å². The molecule has 1 aromatic rings. The van der Waals surface area contributed by atoms with Crippen LogP contribution in [0.15, 0.2) is 18.3 Å². The molecule has 0 aliphatic carbocycles. The molecule has 1 heterocycles. The summed E-state index contributed by atoms with van der Waals surface area (Å²) in [5.74, 6) is 0.710. The summed E-state index contributed by atoms with van der Waals surface area (Å²) in [6, 6.07) is 3.48. The second kappa shape index (κ2) is 5.83. The molecule has 78 valence electrons. The minimum absolute atomic E-state index is 0.238. The molecule has 0 radical (unpaired) electrons. The minimum Gasteiger partial charge on any atom is -0.490 e. The van der Waals surface area contributed by atoms with Crippen molar-refractivity contribution >= 4 is 11.6 Å². The number of rotatable bonds is 5. The van der Waals surface area contributed by atoms with Crippen molar-refractivity contribution in [2.24, 2.45) is 0 Å². The van der Waals surface area contributed by atoms with Gasteiger partial charge in [0.2, 0.25) is 0 Å². The van der Waals surface area contributed by atoms with E-state index in [2.05, 4.69) is 4.98 Å². The maximum absolute atomic E-state index is 5.62. The average molecular weight is 216 g/mol. The van der Waals surface area contributed by atoms with Crippen LogP contribution in [0.25, 0.3) is 0 Å². The Morgan fingerprint density at radius 2 is 2.14 bits per heavy atom. The first-order valence-electron chi connectivity index (χ1n) is 4.54. The molecule has 1 aromatic heterocycles. The third-order valence-corrected chi connectivity index (χ3v) is 1.73. The lowest BCUT2D eigenvalue weighted by atomic mass is 10.4. The van der Waals surface area contributed by atoms with Crippen molar-refractivity contribution in [3.63, 3.8) is 0 Å². The van der Waals surface area contributed by atoms with Crippen molar-refractivity contribution in [3.05, 3.63) is 23.5 Å². The highest BCUT2D eigenvalue weighted by molar-refractivity contribution is 6.29. The highest BCUT2D eigenvalue weighted by Crippen LogP contribution is 2.11. The van der Waals surface area contributed by atoms with Crippen molar-refractivity contribution in [1.29, 1.82) is 0 Å². The number of halogens is 1. The topological polar surface area (TPSA) is 31.4 Å². The highest BCUT2D eigenvalue weighted by atomic mass is 35.5. The zero-order chi connectivity index (χ0) is 10.4. The van der Waals surface area contributed by atoms with Crippen LogP contribution < -0.4 is 4.74 Å². The molecule has 14 heavy (non-hydrogen) atoms. The summed E-state index contributed by atoms with van der Waals surface area (Å²) in [7, 11) is 0. The minimum atomic E-state index is 0.238. The summed E-state index contributed by atoms with van der Waals surface area (Å²) >= 11 is 5.62. The third-order valence-electron chi connectivity index (χ3n) is 1.50. The molecule has 0 amide bonds. The fourth-order valence-electron chi connectivity index (χ4n) is 0.891. The summed E-state index contributed by atoms with van der Waals surface area (Å²) in [5, 5.41) is 0.468. The van der Waals surface area contributed by atoms with Crippen molar-refractivity contribution in [2.45, 2.75) is 20.0 Å². The van der Waals surface area contributed by atoms with Crippen LogP contribution in [0, 0.1) is 0 Å². The molecule has 3 nitrogen and oxygen atoms in total. The molecule has 0 saturated heterocycles. The van der Waals surface area contributed by atoms with E-state index < -0.39 is 0 Å². The van der Waals surface area contributed by atoms with Crippen LogP contribution in [0.4, 0.5) is 0 Å². The maximum atomic E-state index is 5.62. The van der Waals surface area contributed by atoms with Gasteiger partial charge in [0, 0.05) is 0 Å². The third kappa shape index (κ3) is 4.44. The Balaban J connectivity index is 2.21. The first-order chi connectivity index (χ1) is 6.68. The van der Waals surface area contributed by atoms with Gasteiger partial charge in [0.15, 0.2) is 0 Å². The lowest BCUT2D eigenvalue weighted by Crippen LogP contribution is -2.11. The Hall–Kier alpha value is -0.800. The van der Waals surface area contributed by atoms with Crippen LogP contribution in [-0.4, -0.2) is 24.3 Å². The predicted octanol–water partition coefficient (Wildman–Crippen LogP) is 2.54. The quantitative estimate of drug-likeness (QED) is 0.559. The van der Waals surface area contributed by atoms with Gasteiger partial charge >= 0.3 is 0 Å². The summed E-state index contributed by atoms with van der Waals surface area (Å²) in [6.45, 7) is 5.09. The van der Waals surface area contributed by atoms with E-state index in [-0.39, 0.29) is 6.10 Å². The Bertz CT molecular complexity index is 261. The maximum Gasteiger partial charge on any atom is 0.137 e. The SMILES string of the molecule is CC(C)OCCOc1ccc(Cl)nc1. The highest BCUT2D eigenvalue weighted by Gasteiger charge is 1.96. The van der Waals surface area contributed by atoms with Crippen molar-refractivity contribution in [2.75, 3.05) is 13.2 Å². The van der Waals surface area contributed by atoms with Crippen LogP contribution in [-0.2, 0) is 4.74 Å². The van der Waals surface area contributed by atoms with E-state index in [0.29, 0.717) is 24.1 Å². The standard InChI is InChI=1S/C10H14ClNO2/c1-8(2)13-5-6-14-9-3-4-10(11)12-7-9/h3-4,7-8H,5-6H2,1-2H3. The van der Waals surface area contributed by atoms with Gasteiger partial charge in [-0.25, -0.2) is 4.98 Å². The van der Waals surface area contributed by atoms with Crippen LogP contribution in [0.2, 0.25) is 5.15 Å². The van der Waals surface area contributed by atoms with Gasteiger partial charge in [-0.1, -0.05) is 11.6 Å². The van der Waals surface area contributed by atoms with Gasteiger partial charge < -0.3 is 9.47 Å². The molecule has 0 bridgehead atoms. The van der Waals surface area contributed by atoms with Crippen molar-refractivity contribution < 1.29 is 9.47 Å². The van der Waals surface area contributed by atoms with Crippen molar-refractivity contribution in [3.8, 4) is 5.75 Å². The zero-order valence-corrected chi connectivity index (χ0v) is 9.12. The molecular weight excluding hydrogens is 202 g/mol. The van der Waals surface area contributed by atoms with Gasteiger partial charge in [-0.2, -0.15) is 0 Å². The number of pyridine rings is 1. The van der Waals surface area contributed by atoms with Gasteiger partial charge in [-0.3, -0.25) is 0 Å². The first-order valence-corrected chi connectivity index (χ1v) is 4.92. The first kappa shape index (κ1) is 11.3. The Kier molecular flexibility index (Phi) is 4.70. The van der Waals surface area contributed by atoms with Crippen LogP contribution in [0.5, 0.6) is 5.75 Å². The van der Waals surface area contributed by atoms with Crippen molar-refractivity contribution in [1.82, 2.24) is 4.98 Å². The summed E-state index contributed by atoms with van der Waals surface area (Å²) in [5.41, 5.74) is 0. The fourth-order valence-corrected chi connectivity index (χ4v) is 1.00. The van der Waals surface area contributed by atoms with E-state index in [4.69, 9.17) is 21.1 Å². The molecule has 4 heteroatoms. The normalized spacial score (nSPS) is 10.6. The monoisotopic (exact) mass is 215 g/mol. The molecule has 0 aromatic carbocycles. The summed E-state index contributed by atoms with van der Waals surface area (Å²) < 4.78 is 10.7. The van der Waals surface area contributed by atoms with Gasteiger partial charge in [0.05, 0.1) is 18.9 Å². The smallest absolute Gasteiger partial charge is 0.137 e. The second-order valence-electron chi connectivity index (χ2n) is 3.08. The Morgan fingerprint density at radius 1 is 1.36 bits per heavy atom. The lowest BCUT2D eigenvalue weighted by molar-refractivity contribution is 0.0552. The Labute approximate surface area is 89.0 Å². The molecule has 0 aliphatic rings. The van der Waals surface area contributed by atoms with E-state index in [9.17, 15) is 0 Å². The number of hydrogen-bond acceptors (Lipinski definition) is 3. The molecule has 0 atom stereocenters. The fraction of sp³-hybridized carbons (Fsp3) is 0.500. The largest absolute Gasteiger partial charge is 0.490 e. The molecule has 0 unspecified atom stereocenters. The molecule has 0 fully saturated rings. The Morgan fingerprint density at radius 3 is 2.71 bits per heavy atom. The molecule has 0 saturated carbocycles. The van der Waals surface area contributed by atoms with Crippen LogP contribution in [0.3, 0.4) is 0 Å². The summed E-state index contributed by atoms with van der Waals surface area (Å²) in [4.78, 5) is 3.89. The number of ether oxygens (including phenoxy) is 2.